The molecule has 1 aromatic heterocycles. The van der Waals surface area contributed by atoms with Gasteiger partial charge in [-0.15, -0.1) is 11.3 Å². The molecule has 1 heterocycles. The van der Waals surface area contributed by atoms with E-state index in [2.05, 4.69) is 48.3 Å². The van der Waals surface area contributed by atoms with Crippen molar-refractivity contribution in [3.8, 4) is 21.0 Å². The fourth-order valence-electron chi connectivity index (χ4n) is 1.84. The van der Waals surface area contributed by atoms with Crippen LogP contribution in [0.15, 0.2) is 60.8 Å². The van der Waals surface area contributed by atoms with Gasteiger partial charge in [0.15, 0.2) is 0 Å². The zero-order valence-corrected chi connectivity index (χ0v) is 10.9. The van der Waals surface area contributed by atoms with Crippen molar-refractivity contribution in [2.45, 2.75) is 6.92 Å². The van der Waals surface area contributed by atoms with Crippen molar-refractivity contribution in [1.82, 2.24) is 4.98 Å². The van der Waals surface area contributed by atoms with Gasteiger partial charge in [0.1, 0.15) is 5.01 Å². The number of hydrogen-bond acceptors (Lipinski definition) is 2. The Hall–Kier alpha value is -1.93. The molecule has 0 N–H and O–H groups in total. The van der Waals surface area contributed by atoms with Crippen molar-refractivity contribution >= 4 is 11.3 Å². The van der Waals surface area contributed by atoms with E-state index in [4.69, 9.17) is 0 Å². The maximum Gasteiger partial charge on any atom is 0.123 e. The number of rotatable bonds is 2. The van der Waals surface area contributed by atoms with Gasteiger partial charge >= 0.3 is 0 Å². The van der Waals surface area contributed by atoms with Crippen LogP contribution in [0.1, 0.15) is 5.56 Å². The lowest BCUT2D eigenvalue weighted by atomic mass is 10.1. The Morgan fingerprint density at radius 2 is 1.56 bits per heavy atom. The SMILES string of the molecule is Cc1ccc(-c2cnc(-c3ccccc3)s2)cc1. The van der Waals surface area contributed by atoms with Gasteiger partial charge in [-0.05, 0) is 12.5 Å². The molecule has 0 spiro atoms. The van der Waals surface area contributed by atoms with Crippen molar-refractivity contribution in [2.24, 2.45) is 0 Å². The Morgan fingerprint density at radius 1 is 0.833 bits per heavy atom. The van der Waals surface area contributed by atoms with Gasteiger partial charge in [0, 0.05) is 11.8 Å². The van der Waals surface area contributed by atoms with E-state index in [-0.39, 0.29) is 0 Å². The summed E-state index contributed by atoms with van der Waals surface area (Å²) >= 11 is 1.73. The van der Waals surface area contributed by atoms with Crippen LogP contribution in [0.5, 0.6) is 0 Å². The lowest BCUT2D eigenvalue weighted by Gasteiger charge is -1.97. The van der Waals surface area contributed by atoms with Crippen LogP contribution >= 0.6 is 11.3 Å². The Bertz CT molecular complexity index is 638. The summed E-state index contributed by atoms with van der Waals surface area (Å²) in [6.07, 6.45) is 1.96. The minimum atomic E-state index is 1.08. The van der Waals surface area contributed by atoms with Gasteiger partial charge in [-0.3, -0.25) is 0 Å². The highest BCUT2D eigenvalue weighted by molar-refractivity contribution is 7.18. The normalized spacial score (nSPS) is 10.5. The highest BCUT2D eigenvalue weighted by atomic mass is 32.1. The molecule has 18 heavy (non-hydrogen) atoms. The standard InChI is InChI=1S/C16H13NS/c1-12-7-9-13(10-8-12)15-11-17-16(18-15)14-5-3-2-4-6-14/h2-11H,1H3. The Balaban J connectivity index is 1.97. The fourth-order valence-corrected chi connectivity index (χ4v) is 2.77. The third-order valence-electron chi connectivity index (χ3n) is 2.86. The van der Waals surface area contributed by atoms with E-state index in [1.807, 2.05) is 24.4 Å². The highest BCUT2D eigenvalue weighted by Gasteiger charge is 2.05. The smallest absolute Gasteiger partial charge is 0.123 e. The van der Waals surface area contributed by atoms with Gasteiger partial charge in [-0.25, -0.2) is 4.98 Å². The maximum absolute atomic E-state index is 4.50. The molecule has 2 aromatic carbocycles. The molecule has 88 valence electrons. The topological polar surface area (TPSA) is 12.9 Å². The summed E-state index contributed by atoms with van der Waals surface area (Å²) in [5.74, 6) is 0. The summed E-state index contributed by atoms with van der Waals surface area (Å²) in [6, 6.07) is 18.9. The van der Waals surface area contributed by atoms with Crippen LogP contribution < -0.4 is 0 Å². The molecule has 0 aliphatic rings. The zero-order chi connectivity index (χ0) is 12.4. The molecule has 0 bridgehead atoms. The molecule has 0 saturated heterocycles. The molecule has 3 aromatic rings. The van der Waals surface area contributed by atoms with Gasteiger partial charge in [0.2, 0.25) is 0 Å². The molecule has 2 heteroatoms. The largest absolute Gasteiger partial charge is 0.244 e. The van der Waals surface area contributed by atoms with Crippen LogP contribution in [0, 0.1) is 6.92 Å². The molecule has 0 amide bonds. The van der Waals surface area contributed by atoms with E-state index in [1.165, 1.54) is 21.6 Å². The van der Waals surface area contributed by atoms with E-state index in [1.54, 1.807) is 11.3 Å². The van der Waals surface area contributed by atoms with Gasteiger partial charge in [0.25, 0.3) is 0 Å². The molecule has 3 rings (SSSR count). The predicted octanol–water partition coefficient (Wildman–Crippen LogP) is 4.79. The van der Waals surface area contributed by atoms with Crippen molar-refractivity contribution in [3.63, 3.8) is 0 Å². The average molecular weight is 251 g/mol. The fraction of sp³-hybridized carbons (Fsp3) is 0.0625. The molecule has 0 aliphatic heterocycles. The third-order valence-corrected chi connectivity index (χ3v) is 3.96. The van der Waals surface area contributed by atoms with E-state index >= 15 is 0 Å². The number of benzene rings is 2. The predicted molar refractivity (Wildman–Crippen MR) is 77.7 cm³/mol. The summed E-state index contributed by atoms with van der Waals surface area (Å²) in [4.78, 5) is 5.72. The monoisotopic (exact) mass is 251 g/mol. The average Bonchev–Trinajstić information content (AvgIpc) is 2.90. The first-order valence-electron chi connectivity index (χ1n) is 5.91. The Labute approximate surface area is 111 Å². The number of aryl methyl sites for hydroxylation is 1. The lowest BCUT2D eigenvalue weighted by molar-refractivity contribution is 1.41. The van der Waals surface area contributed by atoms with E-state index in [0.717, 1.165) is 5.01 Å². The molecule has 0 radical (unpaired) electrons. The Kier molecular flexibility index (Phi) is 2.95. The van der Waals surface area contributed by atoms with E-state index in [0.29, 0.717) is 0 Å². The van der Waals surface area contributed by atoms with Crippen LogP contribution in [0.4, 0.5) is 0 Å². The molecule has 1 nitrogen and oxygen atoms in total. The first kappa shape index (κ1) is 11.2. The van der Waals surface area contributed by atoms with Crippen LogP contribution in [0.3, 0.4) is 0 Å². The summed E-state index contributed by atoms with van der Waals surface area (Å²) < 4.78 is 0. The first-order chi connectivity index (χ1) is 8.83. The van der Waals surface area contributed by atoms with Gasteiger partial charge in [-0.2, -0.15) is 0 Å². The summed E-state index contributed by atoms with van der Waals surface area (Å²) in [7, 11) is 0. The summed E-state index contributed by atoms with van der Waals surface area (Å²) in [5, 5.41) is 1.08. The van der Waals surface area contributed by atoms with Gasteiger partial charge in [0.05, 0.1) is 4.88 Å². The minimum Gasteiger partial charge on any atom is -0.244 e. The quantitative estimate of drug-likeness (QED) is 0.638. The molecular formula is C16H13NS. The van der Waals surface area contributed by atoms with E-state index in [9.17, 15) is 0 Å². The first-order valence-corrected chi connectivity index (χ1v) is 6.73. The minimum absolute atomic E-state index is 1.08. The molecule has 0 fully saturated rings. The third kappa shape index (κ3) is 2.20. The van der Waals surface area contributed by atoms with Crippen LogP contribution in [-0.2, 0) is 0 Å². The number of aromatic nitrogens is 1. The van der Waals surface area contributed by atoms with E-state index < -0.39 is 0 Å². The van der Waals surface area contributed by atoms with Crippen LogP contribution in [0.2, 0.25) is 0 Å². The number of nitrogens with zero attached hydrogens (tertiary/aromatic N) is 1. The number of hydrogen-bond donors (Lipinski definition) is 0. The molecular weight excluding hydrogens is 238 g/mol. The molecule has 0 aliphatic carbocycles. The van der Waals surface area contributed by atoms with Gasteiger partial charge in [-0.1, -0.05) is 60.2 Å². The number of thiazole rings is 1. The Morgan fingerprint density at radius 3 is 2.28 bits per heavy atom. The summed E-state index contributed by atoms with van der Waals surface area (Å²) in [6.45, 7) is 2.10. The second-order valence-corrected chi connectivity index (χ2v) is 5.29. The molecule has 0 unspecified atom stereocenters. The molecule has 0 saturated carbocycles. The van der Waals surface area contributed by atoms with Crippen molar-refractivity contribution in [3.05, 3.63) is 66.4 Å². The highest BCUT2D eigenvalue weighted by Crippen LogP contribution is 2.31. The van der Waals surface area contributed by atoms with Gasteiger partial charge < -0.3 is 0 Å². The second-order valence-electron chi connectivity index (χ2n) is 4.26. The summed E-state index contributed by atoms with van der Waals surface area (Å²) in [5.41, 5.74) is 3.70. The maximum atomic E-state index is 4.50. The zero-order valence-electron chi connectivity index (χ0n) is 10.1. The van der Waals surface area contributed by atoms with Crippen molar-refractivity contribution < 1.29 is 0 Å². The van der Waals surface area contributed by atoms with Crippen LogP contribution in [-0.4, -0.2) is 4.98 Å². The lowest BCUT2D eigenvalue weighted by Crippen LogP contribution is -1.73. The molecule has 0 atom stereocenters. The second kappa shape index (κ2) is 4.75. The van der Waals surface area contributed by atoms with Crippen molar-refractivity contribution in [2.75, 3.05) is 0 Å². The van der Waals surface area contributed by atoms with Crippen LogP contribution in [0.25, 0.3) is 21.0 Å². The van der Waals surface area contributed by atoms with Crippen molar-refractivity contribution in [1.29, 1.82) is 0 Å².